The summed E-state index contributed by atoms with van der Waals surface area (Å²) >= 11 is 0. The van der Waals surface area contributed by atoms with E-state index in [0.717, 1.165) is 19.4 Å². The van der Waals surface area contributed by atoms with Gasteiger partial charge in [-0.1, -0.05) is 23.3 Å². The van der Waals surface area contributed by atoms with Crippen molar-refractivity contribution in [3.05, 3.63) is 23.3 Å². The van der Waals surface area contributed by atoms with Crippen LogP contribution in [0.3, 0.4) is 0 Å². The van der Waals surface area contributed by atoms with E-state index in [1.165, 1.54) is 11.1 Å². The highest BCUT2D eigenvalue weighted by molar-refractivity contribution is 5.68. The minimum Gasteiger partial charge on any atom is -0.444 e. The lowest BCUT2D eigenvalue weighted by Crippen LogP contribution is -2.39. The van der Waals surface area contributed by atoms with Crippen LogP contribution < -0.4 is 0 Å². The second kappa shape index (κ2) is 6.07. The van der Waals surface area contributed by atoms with E-state index < -0.39 is 5.60 Å². The van der Waals surface area contributed by atoms with Crippen molar-refractivity contribution in [2.45, 2.75) is 53.1 Å². The van der Waals surface area contributed by atoms with Gasteiger partial charge in [-0.3, -0.25) is 0 Å². The molecule has 102 valence electrons. The van der Waals surface area contributed by atoms with Crippen molar-refractivity contribution in [2.75, 3.05) is 13.1 Å². The molecule has 0 spiro atoms. The highest BCUT2D eigenvalue weighted by Crippen LogP contribution is 2.18. The SMILES string of the molecule is CC(C)=CCC1=CCN(C(=O)OC(C)(C)C)CC1. The number of carbonyl (C=O) groups is 1. The minimum atomic E-state index is -0.414. The number of allylic oxidation sites excluding steroid dienone is 2. The Labute approximate surface area is 110 Å². The molecule has 18 heavy (non-hydrogen) atoms. The number of ether oxygens (including phenoxy) is 1. The average Bonchev–Trinajstić information content (AvgIpc) is 2.24. The van der Waals surface area contributed by atoms with Crippen LogP contribution in [0.15, 0.2) is 23.3 Å². The van der Waals surface area contributed by atoms with E-state index in [1.54, 1.807) is 4.90 Å². The van der Waals surface area contributed by atoms with Gasteiger partial charge >= 0.3 is 6.09 Å². The molecule has 0 atom stereocenters. The number of rotatable bonds is 2. The Balaban J connectivity index is 2.47. The first-order valence-electron chi connectivity index (χ1n) is 6.57. The summed E-state index contributed by atoms with van der Waals surface area (Å²) in [6.45, 7) is 11.3. The summed E-state index contributed by atoms with van der Waals surface area (Å²) < 4.78 is 5.36. The van der Waals surface area contributed by atoms with Crippen LogP contribution in [0.4, 0.5) is 4.79 Å². The molecule has 0 radical (unpaired) electrons. The van der Waals surface area contributed by atoms with Crippen LogP contribution in [0.1, 0.15) is 47.5 Å². The molecular formula is C15H25NO2. The summed E-state index contributed by atoms with van der Waals surface area (Å²) in [5.41, 5.74) is 2.34. The van der Waals surface area contributed by atoms with Crippen LogP contribution in [0.25, 0.3) is 0 Å². The van der Waals surface area contributed by atoms with Crippen LogP contribution >= 0.6 is 0 Å². The summed E-state index contributed by atoms with van der Waals surface area (Å²) in [5, 5.41) is 0. The van der Waals surface area contributed by atoms with Crippen molar-refractivity contribution in [1.82, 2.24) is 4.90 Å². The van der Waals surface area contributed by atoms with Gasteiger partial charge in [-0.05, 0) is 47.5 Å². The van der Waals surface area contributed by atoms with Crippen molar-refractivity contribution >= 4 is 6.09 Å². The van der Waals surface area contributed by atoms with Crippen molar-refractivity contribution in [1.29, 1.82) is 0 Å². The molecule has 0 aromatic rings. The Morgan fingerprint density at radius 3 is 2.56 bits per heavy atom. The lowest BCUT2D eigenvalue weighted by Gasteiger charge is -2.29. The molecule has 0 saturated carbocycles. The molecule has 1 amide bonds. The lowest BCUT2D eigenvalue weighted by molar-refractivity contribution is 0.0265. The molecule has 3 heteroatoms. The predicted octanol–water partition coefficient (Wildman–Crippen LogP) is 3.91. The smallest absolute Gasteiger partial charge is 0.410 e. The summed E-state index contributed by atoms with van der Waals surface area (Å²) in [7, 11) is 0. The lowest BCUT2D eigenvalue weighted by atomic mass is 10.0. The molecule has 0 aromatic carbocycles. The van der Waals surface area contributed by atoms with Gasteiger partial charge in [0.25, 0.3) is 0 Å². The van der Waals surface area contributed by atoms with Crippen molar-refractivity contribution < 1.29 is 9.53 Å². The van der Waals surface area contributed by atoms with Gasteiger partial charge in [0, 0.05) is 13.1 Å². The Morgan fingerprint density at radius 2 is 2.11 bits per heavy atom. The maximum absolute atomic E-state index is 11.8. The van der Waals surface area contributed by atoms with Gasteiger partial charge in [0.1, 0.15) is 5.60 Å². The number of amides is 1. The van der Waals surface area contributed by atoms with Gasteiger partial charge in [0.05, 0.1) is 0 Å². The molecule has 0 aromatic heterocycles. The zero-order valence-electron chi connectivity index (χ0n) is 12.2. The van der Waals surface area contributed by atoms with E-state index in [-0.39, 0.29) is 6.09 Å². The first-order chi connectivity index (χ1) is 8.28. The normalized spacial score (nSPS) is 16.1. The van der Waals surface area contributed by atoms with Gasteiger partial charge in [-0.25, -0.2) is 4.79 Å². The first kappa shape index (κ1) is 14.8. The summed E-state index contributed by atoms with van der Waals surface area (Å²) in [4.78, 5) is 13.6. The number of carbonyl (C=O) groups excluding carboxylic acids is 1. The van der Waals surface area contributed by atoms with Gasteiger partial charge < -0.3 is 9.64 Å². The molecule has 1 rings (SSSR count). The molecule has 0 saturated heterocycles. The van der Waals surface area contributed by atoms with E-state index in [1.807, 2.05) is 20.8 Å². The van der Waals surface area contributed by atoms with Crippen LogP contribution in [0.2, 0.25) is 0 Å². The van der Waals surface area contributed by atoms with E-state index in [9.17, 15) is 4.79 Å². The van der Waals surface area contributed by atoms with Crippen molar-refractivity contribution in [3.8, 4) is 0 Å². The molecule has 0 bridgehead atoms. The van der Waals surface area contributed by atoms with E-state index in [4.69, 9.17) is 4.74 Å². The zero-order chi connectivity index (χ0) is 13.8. The second-order valence-corrected chi connectivity index (χ2v) is 6.02. The first-order valence-corrected chi connectivity index (χ1v) is 6.57. The Kier molecular flexibility index (Phi) is 5.00. The standard InChI is InChI=1S/C15H25NO2/c1-12(2)6-7-13-8-10-16(11-9-13)14(17)18-15(3,4)5/h6,8H,7,9-11H2,1-5H3. The van der Waals surface area contributed by atoms with Crippen molar-refractivity contribution in [2.24, 2.45) is 0 Å². The third kappa shape index (κ3) is 5.39. The third-order valence-electron chi connectivity index (χ3n) is 2.73. The topological polar surface area (TPSA) is 29.5 Å². The second-order valence-electron chi connectivity index (χ2n) is 6.02. The van der Waals surface area contributed by atoms with E-state index >= 15 is 0 Å². The van der Waals surface area contributed by atoms with Crippen LogP contribution in [-0.2, 0) is 4.74 Å². The molecule has 3 nitrogen and oxygen atoms in total. The summed E-state index contributed by atoms with van der Waals surface area (Å²) in [6, 6.07) is 0. The fraction of sp³-hybridized carbons (Fsp3) is 0.667. The monoisotopic (exact) mass is 251 g/mol. The largest absolute Gasteiger partial charge is 0.444 e. The molecule has 0 unspecified atom stereocenters. The number of hydrogen-bond acceptors (Lipinski definition) is 2. The Bertz CT molecular complexity index is 357. The van der Waals surface area contributed by atoms with Crippen LogP contribution in [0.5, 0.6) is 0 Å². The molecule has 0 aliphatic carbocycles. The van der Waals surface area contributed by atoms with Crippen molar-refractivity contribution in [3.63, 3.8) is 0 Å². The van der Waals surface area contributed by atoms with Crippen LogP contribution in [-0.4, -0.2) is 29.7 Å². The zero-order valence-corrected chi connectivity index (χ0v) is 12.2. The van der Waals surface area contributed by atoms with Gasteiger partial charge in [-0.2, -0.15) is 0 Å². The maximum atomic E-state index is 11.8. The molecule has 0 N–H and O–H groups in total. The highest BCUT2D eigenvalue weighted by atomic mass is 16.6. The quantitative estimate of drug-likeness (QED) is 0.696. The molecule has 0 fully saturated rings. The minimum absolute atomic E-state index is 0.208. The molecule has 1 heterocycles. The fourth-order valence-corrected chi connectivity index (χ4v) is 1.72. The molecule has 1 aliphatic heterocycles. The van der Waals surface area contributed by atoms with E-state index in [0.29, 0.717) is 6.54 Å². The average molecular weight is 251 g/mol. The summed E-state index contributed by atoms with van der Waals surface area (Å²) in [5.74, 6) is 0. The summed E-state index contributed by atoms with van der Waals surface area (Å²) in [6.07, 6.45) is 6.12. The Hall–Kier alpha value is -1.25. The molecular weight excluding hydrogens is 226 g/mol. The predicted molar refractivity (Wildman–Crippen MR) is 74.6 cm³/mol. The fourth-order valence-electron chi connectivity index (χ4n) is 1.72. The Morgan fingerprint density at radius 1 is 1.44 bits per heavy atom. The molecule has 1 aliphatic rings. The third-order valence-corrected chi connectivity index (χ3v) is 2.73. The number of nitrogens with zero attached hydrogens (tertiary/aromatic N) is 1. The van der Waals surface area contributed by atoms with E-state index in [2.05, 4.69) is 26.0 Å². The van der Waals surface area contributed by atoms with Crippen LogP contribution in [0, 0.1) is 0 Å². The maximum Gasteiger partial charge on any atom is 0.410 e. The van der Waals surface area contributed by atoms with Gasteiger partial charge in [0.2, 0.25) is 0 Å². The van der Waals surface area contributed by atoms with Gasteiger partial charge in [0.15, 0.2) is 0 Å². The highest BCUT2D eigenvalue weighted by Gasteiger charge is 2.23. The van der Waals surface area contributed by atoms with Gasteiger partial charge in [-0.15, -0.1) is 0 Å². The number of hydrogen-bond donors (Lipinski definition) is 0.